The van der Waals surface area contributed by atoms with E-state index in [2.05, 4.69) is 31.0 Å². The number of aromatic nitrogens is 1. The van der Waals surface area contributed by atoms with Crippen molar-refractivity contribution in [2.45, 2.75) is 13.8 Å². The lowest BCUT2D eigenvalue weighted by atomic mass is 10.1. The van der Waals surface area contributed by atoms with Crippen molar-refractivity contribution in [1.82, 2.24) is 4.98 Å². The summed E-state index contributed by atoms with van der Waals surface area (Å²) in [5, 5.41) is 2.25. The molecule has 0 aliphatic heterocycles. The van der Waals surface area contributed by atoms with Gasteiger partial charge >= 0.3 is 0 Å². The molecule has 3 rings (SSSR count). The average molecular weight is 197 g/mol. The molecule has 0 bridgehead atoms. The second kappa shape index (κ2) is 2.83. The molecule has 74 valence electrons. The number of fused-ring (bicyclic) bond motifs is 3. The zero-order valence-corrected chi connectivity index (χ0v) is 8.74. The quantitative estimate of drug-likeness (QED) is 0.550. The van der Waals surface area contributed by atoms with E-state index in [0.717, 1.165) is 21.9 Å². The van der Waals surface area contributed by atoms with Gasteiger partial charge in [0.25, 0.3) is 0 Å². The Balaban J connectivity index is 2.56. The molecule has 2 heteroatoms. The average Bonchev–Trinajstić information content (AvgIpc) is 2.57. The van der Waals surface area contributed by atoms with Crippen LogP contribution in [0.3, 0.4) is 0 Å². The van der Waals surface area contributed by atoms with Crippen LogP contribution in [0.2, 0.25) is 0 Å². The molecule has 0 saturated heterocycles. The van der Waals surface area contributed by atoms with Gasteiger partial charge in [-0.25, -0.2) is 0 Å². The minimum atomic E-state index is 0.907. The Morgan fingerprint density at radius 1 is 1.00 bits per heavy atom. The third kappa shape index (κ3) is 1.14. The van der Waals surface area contributed by atoms with Crippen LogP contribution < -0.4 is 0 Å². The number of benzene rings is 1. The van der Waals surface area contributed by atoms with Crippen molar-refractivity contribution >= 4 is 21.9 Å². The molecule has 0 aliphatic rings. The lowest BCUT2D eigenvalue weighted by Gasteiger charge is -1.97. The van der Waals surface area contributed by atoms with Crippen LogP contribution in [0.25, 0.3) is 21.9 Å². The first kappa shape index (κ1) is 8.48. The Hall–Kier alpha value is -1.83. The maximum Gasteiger partial charge on any atom is 0.138 e. The Labute approximate surface area is 87.5 Å². The number of furan rings is 1. The fourth-order valence-corrected chi connectivity index (χ4v) is 1.88. The Morgan fingerprint density at radius 3 is 2.67 bits per heavy atom. The van der Waals surface area contributed by atoms with Crippen molar-refractivity contribution in [3.8, 4) is 0 Å². The van der Waals surface area contributed by atoms with E-state index in [1.54, 1.807) is 6.20 Å². The molecular weight excluding hydrogens is 186 g/mol. The van der Waals surface area contributed by atoms with Gasteiger partial charge in [0.1, 0.15) is 11.2 Å². The van der Waals surface area contributed by atoms with Gasteiger partial charge in [-0.3, -0.25) is 4.98 Å². The molecule has 15 heavy (non-hydrogen) atoms. The third-order valence-corrected chi connectivity index (χ3v) is 2.89. The molecule has 2 aromatic heterocycles. The van der Waals surface area contributed by atoms with Gasteiger partial charge < -0.3 is 4.42 Å². The van der Waals surface area contributed by atoms with Crippen molar-refractivity contribution in [3.63, 3.8) is 0 Å². The highest BCUT2D eigenvalue weighted by molar-refractivity contribution is 6.04. The van der Waals surface area contributed by atoms with Gasteiger partial charge in [-0.15, -0.1) is 0 Å². The van der Waals surface area contributed by atoms with E-state index in [4.69, 9.17) is 4.42 Å². The number of hydrogen-bond acceptors (Lipinski definition) is 2. The van der Waals surface area contributed by atoms with Crippen LogP contribution in [-0.2, 0) is 0 Å². The third-order valence-electron chi connectivity index (χ3n) is 2.89. The van der Waals surface area contributed by atoms with Crippen molar-refractivity contribution in [3.05, 3.63) is 41.7 Å². The van der Waals surface area contributed by atoms with Gasteiger partial charge in [0.2, 0.25) is 0 Å². The van der Waals surface area contributed by atoms with Crippen LogP contribution in [0.4, 0.5) is 0 Å². The summed E-state index contributed by atoms with van der Waals surface area (Å²) in [6, 6.07) is 6.16. The molecule has 0 amide bonds. The van der Waals surface area contributed by atoms with Gasteiger partial charge in [-0.2, -0.15) is 0 Å². The fraction of sp³-hybridized carbons (Fsp3) is 0.154. The lowest BCUT2D eigenvalue weighted by molar-refractivity contribution is 0.668. The van der Waals surface area contributed by atoms with Gasteiger partial charge in [-0.1, -0.05) is 0 Å². The Morgan fingerprint density at radius 2 is 1.80 bits per heavy atom. The molecule has 2 heterocycles. The van der Waals surface area contributed by atoms with Crippen molar-refractivity contribution in [2.24, 2.45) is 0 Å². The van der Waals surface area contributed by atoms with Gasteiger partial charge in [-0.05, 0) is 43.2 Å². The van der Waals surface area contributed by atoms with Crippen molar-refractivity contribution < 1.29 is 4.42 Å². The summed E-state index contributed by atoms with van der Waals surface area (Å²) >= 11 is 0. The second-order valence-electron chi connectivity index (χ2n) is 3.91. The highest BCUT2D eigenvalue weighted by atomic mass is 16.3. The van der Waals surface area contributed by atoms with Crippen molar-refractivity contribution in [2.75, 3.05) is 0 Å². The van der Waals surface area contributed by atoms with E-state index in [0.29, 0.717) is 0 Å². The maximum absolute atomic E-state index is 5.75. The minimum absolute atomic E-state index is 0.907. The van der Waals surface area contributed by atoms with E-state index in [1.807, 2.05) is 12.3 Å². The summed E-state index contributed by atoms with van der Waals surface area (Å²) < 4.78 is 5.75. The van der Waals surface area contributed by atoms with Gasteiger partial charge in [0.15, 0.2) is 0 Å². The summed E-state index contributed by atoms with van der Waals surface area (Å²) in [5.74, 6) is 0. The largest absolute Gasteiger partial charge is 0.456 e. The normalized spacial score (nSPS) is 11.3. The van der Waals surface area contributed by atoms with E-state index in [9.17, 15) is 0 Å². The van der Waals surface area contributed by atoms with E-state index in [-0.39, 0.29) is 0 Å². The molecule has 0 saturated carbocycles. The molecule has 0 spiro atoms. The molecule has 3 aromatic rings. The van der Waals surface area contributed by atoms with Crippen LogP contribution in [0.5, 0.6) is 0 Å². The van der Waals surface area contributed by atoms with E-state index in [1.165, 1.54) is 11.1 Å². The summed E-state index contributed by atoms with van der Waals surface area (Å²) in [4.78, 5) is 4.13. The predicted molar refractivity (Wildman–Crippen MR) is 61.0 cm³/mol. The standard InChI is InChI=1S/C13H11NO/c1-8-5-10-11-7-14-4-3-12(11)15-13(10)6-9(8)2/h3-7H,1-2H3. The zero-order valence-electron chi connectivity index (χ0n) is 8.74. The topological polar surface area (TPSA) is 26.0 Å². The van der Waals surface area contributed by atoms with Crippen LogP contribution in [0.1, 0.15) is 11.1 Å². The molecule has 0 N–H and O–H groups in total. The first-order chi connectivity index (χ1) is 7.25. The summed E-state index contributed by atoms with van der Waals surface area (Å²) in [7, 11) is 0. The number of rotatable bonds is 0. The summed E-state index contributed by atoms with van der Waals surface area (Å²) in [5.41, 5.74) is 4.40. The highest BCUT2D eigenvalue weighted by Crippen LogP contribution is 2.29. The summed E-state index contributed by atoms with van der Waals surface area (Å²) in [6.07, 6.45) is 3.61. The summed E-state index contributed by atoms with van der Waals surface area (Å²) in [6.45, 7) is 4.21. The SMILES string of the molecule is Cc1cc2oc3ccncc3c2cc1C. The molecule has 0 atom stereocenters. The van der Waals surface area contributed by atoms with Crippen LogP contribution in [0, 0.1) is 13.8 Å². The second-order valence-corrected chi connectivity index (χ2v) is 3.91. The highest BCUT2D eigenvalue weighted by Gasteiger charge is 2.07. The number of pyridine rings is 1. The van der Waals surface area contributed by atoms with Crippen LogP contribution >= 0.6 is 0 Å². The molecule has 0 radical (unpaired) electrons. The Kier molecular flexibility index (Phi) is 1.60. The lowest BCUT2D eigenvalue weighted by Crippen LogP contribution is -1.78. The van der Waals surface area contributed by atoms with Crippen molar-refractivity contribution in [1.29, 1.82) is 0 Å². The monoisotopic (exact) mass is 197 g/mol. The molecule has 1 aromatic carbocycles. The first-order valence-electron chi connectivity index (χ1n) is 4.99. The van der Waals surface area contributed by atoms with Crippen LogP contribution in [0.15, 0.2) is 35.0 Å². The Bertz CT molecular complexity index is 652. The number of nitrogens with zero attached hydrogens (tertiary/aromatic N) is 1. The molecule has 0 unspecified atom stereocenters. The molecule has 0 aliphatic carbocycles. The predicted octanol–water partition coefficient (Wildman–Crippen LogP) is 3.60. The molecule has 2 nitrogen and oxygen atoms in total. The smallest absolute Gasteiger partial charge is 0.138 e. The number of hydrogen-bond donors (Lipinski definition) is 0. The molecular formula is C13H11NO. The zero-order chi connectivity index (χ0) is 10.4. The van der Waals surface area contributed by atoms with E-state index < -0.39 is 0 Å². The molecule has 0 fully saturated rings. The number of aryl methyl sites for hydroxylation is 2. The van der Waals surface area contributed by atoms with E-state index >= 15 is 0 Å². The van der Waals surface area contributed by atoms with Crippen LogP contribution in [-0.4, -0.2) is 4.98 Å². The maximum atomic E-state index is 5.75. The first-order valence-corrected chi connectivity index (χ1v) is 4.99. The fourth-order valence-electron chi connectivity index (χ4n) is 1.88. The minimum Gasteiger partial charge on any atom is -0.456 e. The van der Waals surface area contributed by atoms with Gasteiger partial charge in [0, 0.05) is 23.2 Å². The van der Waals surface area contributed by atoms with Gasteiger partial charge in [0.05, 0.1) is 0 Å².